The number of carboxylic acid groups (broad SMARTS) is 1. The number of hydrogen-bond donors (Lipinski definition) is 2. The second-order valence-electron chi connectivity index (χ2n) is 6.14. The third kappa shape index (κ3) is 2.84. The first kappa shape index (κ1) is 16.0. The fourth-order valence-electron chi connectivity index (χ4n) is 3.22. The smallest absolute Gasteiger partial charge is 0.307 e. The summed E-state index contributed by atoms with van der Waals surface area (Å²) in [6, 6.07) is 17.5. The number of nitrogens with one attached hydrogen (secondary N) is 1. The standard InChI is InChI=1S/C21H17N3O2/c1-13-16(12-19(25)26)21(15-8-2-3-9-17(15)23-13)24-18-10-4-6-14-7-5-11-22-20(14)18/h2-11H,12H2,1H3,(H,23,24)(H,25,26). The Morgan fingerprint density at radius 3 is 2.73 bits per heavy atom. The van der Waals surface area contributed by atoms with Gasteiger partial charge >= 0.3 is 5.97 Å². The molecule has 2 aromatic carbocycles. The van der Waals surface area contributed by atoms with E-state index in [2.05, 4.69) is 15.3 Å². The van der Waals surface area contributed by atoms with Gasteiger partial charge in [0.2, 0.25) is 0 Å². The van der Waals surface area contributed by atoms with E-state index in [4.69, 9.17) is 0 Å². The summed E-state index contributed by atoms with van der Waals surface area (Å²) in [6.07, 6.45) is 1.66. The minimum Gasteiger partial charge on any atom is -0.481 e. The summed E-state index contributed by atoms with van der Waals surface area (Å²) in [5, 5.41) is 14.7. The second-order valence-corrected chi connectivity index (χ2v) is 6.14. The van der Waals surface area contributed by atoms with Crippen molar-refractivity contribution in [3.8, 4) is 0 Å². The second kappa shape index (κ2) is 6.44. The number of aryl methyl sites for hydroxylation is 1. The summed E-state index contributed by atoms with van der Waals surface area (Å²) in [6.45, 7) is 1.84. The van der Waals surface area contributed by atoms with E-state index in [9.17, 15) is 9.90 Å². The van der Waals surface area contributed by atoms with Crippen molar-refractivity contribution in [1.82, 2.24) is 9.97 Å². The van der Waals surface area contributed by atoms with Crippen LogP contribution in [0.2, 0.25) is 0 Å². The topological polar surface area (TPSA) is 75.1 Å². The molecular formula is C21H17N3O2. The molecule has 0 spiro atoms. The Bertz CT molecular complexity index is 1130. The molecule has 2 N–H and O–H groups in total. The summed E-state index contributed by atoms with van der Waals surface area (Å²) < 4.78 is 0. The van der Waals surface area contributed by atoms with Crippen LogP contribution in [0.5, 0.6) is 0 Å². The van der Waals surface area contributed by atoms with Gasteiger partial charge in [-0.3, -0.25) is 14.8 Å². The van der Waals surface area contributed by atoms with E-state index in [0.29, 0.717) is 11.3 Å². The maximum atomic E-state index is 11.4. The monoisotopic (exact) mass is 343 g/mol. The van der Waals surface area contributed by atoms with Crippen molar-refractivity contribution in [2.75, 3.05) is 5.32 Å². The molecule has 0 saturated carbocycles. The van der Waals surface area contributed by atoms with Gasteiger partial charge in [0.25, 0.3) is 0 Å². The molecule has 0 radical (unpaired) electrons. The van der Waals surface area contributed by atoms with Crippen LogP contribution in [0.4, 0.5) is 11.4 Å². The third-order valence-electron chi connectivity index (χ3n) is 4.42. The predicted molar refractivity (Wildman–Crippen MR) is 103 cm³/mol. The Balaban J connectivity index is 1.95. The molecule has 4 rings (SSSR count). The number of nitrogens with zero attached hydrogens (tertiary/aromatic N) is 2. The molecule has 4 aromatic rings. The summed E-state index contributed by atoms with van der Waals surface area (Å²) in [5.74, 6) is -0.885. The van der Waals surface area contributed by atoms with E-state index < -0.39 is 5.97 Å². The van der Waals surface area contributed by atoms with Gasteiger partial charge in [-0.05, 0) is 25.1 Å². The van der Waals surface area contributed by atoms with Crippen molar-refractivity contribution < 1.29 is 9.90 Å². The first-order chi connectivity index (χ1) is 12.6. The van der Waals surface area contributed by atoms with E-state index >= 15 is 0 Å². The van der Waals surface area contributed by atoms with Gasteiger partial charge in [-0.1, -0.05) is 36.4 Å². The maximum Gasteiger partial charge on any atom is 0.307 e. The lowest BCUT2D eigenvalue weighted by Crippen LogP contribution is -2.08. The minimum atomic E-state index is -0.885. The van der Waals surface area contributed by atoms with Gasteiger partial charge in [0.05, 0.1) is 28.8 Å². The SMILES string of the molecule is Cc1nc2ccccc2c(Nc2cccc3cccnc23)c1CC(=O)O. The number of anilines is 2. The number of benzene rings is 2. The van der Waals surface area contributed by atoms with Gasteiger partial charge in [0, 0.05) is 28.2 Å². The Labute approximate surface area is 150 Å². The Morgan fingerprint density at radius 2 is 1.88 bits per heavy atom. The first-order valence-corrected chi connectivity index (χ1v) is 8.34. The highest BCUT2D eigenvalue weighted by atomic mass is 16.4. The van der Waals surface area contributed by atoms with Crippen LogP contribution < -0.4 is 5.32 Å². The third-order valence-corrected chi connectivity index (χ3v) is 4.42. The number of carboxylic acids is 1. The van der Waals surface area contributed by atoms with E-state index in [0.717, 1.165) is 33.2 Å². The molecule has 0 amide bonds. The highest BCUT2D eigenvalue weighted by Gasteiger charge is 2.16. The number of aliphatic carboxylic acids is 1. The predicted octanol–water partition coefficient (Wildman–Crippen LogP) is 4.46. The molecule has 0 aliphatic heterocycles. The molecule has 0 aliphatic rings. The van der Waals surface area contributed by atoms with Crippen LogP contribution in [0.15, 0.2) is 60.8 Å². The molecule has 2 aromatic heterocycles. The molecule has 0 saturated heterocycles. The summed E-state index contributed by atoms with van der Waals surface area (Å²) in [5.41, 5.74) is 4.68. The molecule has 0 bridgehead atoms. The van der Waals surface area contributed by atoms with E-state index in [1.807, 2.05) is 61.5 Å². The molecular weight excluding hydrogens is 326 g/mol. The number of rotatable bonds is 4. The van der Waals surface area contributed by atoms with Crippen LogP contribution in [-0.4, -0.2) is 21.0 Å². The van der Waals surface area contributed by atoms with Crippen LogP contribution in [0, 0.1) is 6.92 Å². The van der Waals surface area contributed by atoms with Crippen LogP contribution in [0.25, 0.3) is 21.8 Å². The lowest BCUT2D eigenvalue weighted by atomic mass is 10.0. The quantitative estimate of drug-likeness (QED) is 0.572. The van der Waals surface area contributed by atoms with Crippen molar-refractivity contribution in [3.05, 3.63) is 72.1 Å². The largest absolute Gasteiger partial charge is 0.481 e. The molecule has 5 nitrogen and oxygen atoms in total. The zero-order valence-electron chi connectivity index (χ0n) is 14.2. The number of pyridine rings is 2. The number of aromatic nitrogens is 2. The van der Waals surface area contributed by atoms with Crippen LogP contribution >= 0.6 is 0 Å². The van der Waals surface area contributed by atoms with Gasteiger partial charge in [0.1, 0.15) is 0 Å². The number of para-hydroxylation sites is 2. The van der Waals surface area contributed by atoms with Gasteiger partial charge in [0.15, 0.2) is 0 Å². The van der Waals surface area contributed by atoms with Crippen molar-refractivity contribution in [2.45, 2.75) is 13.3 Å². The van der Waals surface area contributed by atoms with Crippen molar-refractivity contribution in [1.29, 1.82) is 0 Å². The summed E-state index contributed by atoms with van der Waals surface area (Å²) in [7, 11) is 0. The van der Waals surface area contributed by atoms with E-state index in [-0.39, 0.29) is 6.42 Å². The van der Waals surface area contributed by atoms with Crippen molar-refractivity contribution >= 4 is 39.1 Å². The van der Waals surface area contributed by atoms with Gasteiger partial charge < -0.3 is 10.4 Å². The fraction of sp³-hybridized carbons (Fsp3) is 0.0952. The highest BCUT2D eigenvalue weighted by Crippen LogP contribution is 2.33. The molecule has 0 aliphatic carbocycles. The van der Waals surface area contributed by atoms with Gasteiger partial charge in [-0.2, -0.15) is 0 Å². The zero-order chi connectivity index (χ0) is 18.1. The number of fused-ring (bicyclic) bond motifs is 2. The zero-order valence-corrected chi connectivity index (χ0v) is 14.2. The van der Waals surface area contributed by atoms with E-state index in [1.165, 1.54) is 0 Å². The molecule has 0 unspecified atom stereocenters. The minimum absolute atomic E-state index is 0.0931. The van der Waals surface area contributed by atoms with Crippen molar-refractivity contribution in [3.63, 3.8) is 0 Å². The average molecular weight is 343 g/mol. The molecule has 128 valence electrons. The van der Waals surface area contributed by atoms with Crippen LogP contribution in [-0.2, 0) is 11.2 Å². The van der Waals surface area contributed by atoms with Crippen LogP contribution in [0.3, 0.4) is 0 Å². The Kier molecular flexibility index (Phi) is 3.97. The Morgan fingerprint density at radius 1 is 1.08 bits per heavy atom. The fourth-order valence-corrected chi connectivity index (χ4v) is 3.22. The summed E-state index contributed by atoms with van der Waals surface area (Å²) >= 11 is 0. The molecule has 0 atom stereocenters. The van der Waals surface area contributed by atoms with Gasteiger partial charge in [-0.25, -0.2) is 0 Å². The Hall–Kier alpha value is -3.47. The maximum absolute atomic E-state index is 11.4. The van der Waals surface area contributed by atoms with Crippen molar-refractivity contribution in [2.24, 2.45) is 0 Å². The molecule has 5 heteroatoms. The first-order valence-electron chi connectivity index (χ1n) is 8.34. The molecule has 0 fully saturated rings. The normalized spacial score (nSPS) is 11.0. The highest BCUT2D eigenvalue weighted by molar-refractivity contribution is 6.00. The summed E-state index contributed by atoms with van der Waals surface area (Å²) in [4.78, 5) is 20.5. The molecule has 2 heterocycles. The number of carbonyl (C=O) groups is 1. The van der Waals surface area contributed by atoms with E-state index in [1.54, 1.807) is 6.20 Å². The molecule has 26 heavy (non-hydrogen) atoms. The average Bonchev–Trinajstić information content (AvgIpc) is 2.64. The lowest BCUT2D eigenvalue weighted by Gasteiger charge is -2.17. The van der Waals surface area contributed by atoms with Crippen LogP contribution in [0.1, 0.15) is 11.3 Å². The number of hydrogen-bond acceptors (Lipinski definition) is 4. The van der Waals surface area contributed by atoms with Gasteiger partial charge in [-0.15, -0.1) is 0 Å². The lowest BCUT2D eigenvalue weighted by molar-refractivity contribution is -0.136.